The van der Waals surface area contributed by atoms with Gasteiger partial charge < -0.3 is 10.5 Å². The van der Waals surface area contributed by atoms with Crippen LogP contribution in [0.25, 0.3) is 0 Å². The Hall–Kier alpha value is -1.53. The van der Waals surface area contributed by atoms with E-state index in [1.807, 2.05) is 0 Å². The fraction of sp³-hybridized carbons (Fsp3) is 0.222. The lowest BCUT2D eigenvalue weighted by Crippen LogP contribution is -2.36. The molecule has 0 heterocycles. The number of ether oxygens (including phenoxy) is 1. The van der Waals surface area contributed by atoms with Crippen molar-refractivity contribution in [3.8, 4) is 5.75 Å². The molecule has 1 aromatic carbocycles. The standard InChI is InChI=1S/C9H12N2O7S2/c1-20(15,16)18-11(19(13)14)9(12)17-8-4-2-7(6-10)3-5-8/h2-5H,6,10H2,1H3,(H,13,14). The summed E-state index contributed by atoms with van der Waals surface area (Å²) in [5, 5.41) is 0. The molecule has 1 atom stereocenters. The summed E-state index contributed by atoms with van der Waals surface area (Å²) in [7, 11) is -4.16. The van der Waals surface area contributed by atoms with Crippen molar-refractivity contribution in [2.24, 2.45) is 5.73 Å². The van der Waals surface area contributed by atoms with Crippen LogP contribution in [0, 0.1) is 0 Å². The molecule has 20 heavy (non-hydrogen) atoms. The van der Waals surface area contributed by atoms with E-state index >= 15 is 0 Å². The lowest BCUT2D eigenvalue weighted by Gasteiger charge is -2.14. The van der Waals surface area contributed by atoms with Gasteiger partial charge in [-0.05, 0) is 17.7 Å². The molecule has 3 N–H and O–H groups in total. The summed E-state index contributed by atoms with van der Waals surface area (Å²) in [6, 6.07) is 5.92. The van der Waals surface area contributed by atoms with Crippen molar-refractivity contribution in [1.29, 1.82) is 0 Å². The van der Waals surface area contributed by atoms with E-state index in [4.69, 9.17) is 10.3 Å². The molecule has 112 valence electrons. The largest absolute Gasteiger partial charge is 0.455 e. The lowest BCUT2D eigenvalue weighted by molar-refractivity contribution is 0.0493. The molecule has 0 radical (unpaired) electrons. The van der Waals surface area contributed by atoms with Gasteiger partial charge in [0.1, 0.15) is 5.75 Å². The van der Waals surface area contributed by atoms with E-state index in [0.717, 1.165) is 5.56 Å². The summed E-state index contributed by atoms with van der Waals surface area (Å²) in [6.45, 7) is 0.290. The minimum atomic E-state index is -4.16. The quantitative estimate of drug-likeness (QED) is 0.569. The molecule has 1 rings (SSSR count). The van der Waals surface area contributed by atoms with Crippen LogP contribution in [0.3, 0.4) is 0 Å². The van der Waals surface area contributed by atoms with Gasteiger partial charge in [-0.2, -0.15) is 8.42 Å². The highest BCUT2D eigenvalue weighted by Crippen LogP contribution is 2.14. The van der Waals surface area contributed by atoms with Crippen LogP contribution in [0.1, 0.15) is 5.56 Å². The smallest absolute Gasteiger partial charge is 0.408 e. The third-order valence-corrected chi connectivity index (χ3v) is 2.88. The Labute approximate surface area is 117 Å². The van der Waals surface area contributed by atoms with Gasteiger partial charge in [0.05, 0.1) is 6.26 Å². The van der Waals surface area contributed by atoms with Gasteiger partial charge in [-0.25, -0.2) is 9.00 Å². The van der Waals surface area contributed by atoms with E-state index < -0.39 is 27.5 Å². The number of carbonyl (C=O) groups excluding carboxylic acids is 1. The van der Waals surface area contributed by atoms with Gasteiger partial charge in [0.15, 0.2) is 0 Å². The normalized spacial score (nSPS) is 12.8. The zero-order valence-electron chi connectivity index (χ0n) is 10.3. The number of nitrogens with zero attached hydrogens (tertiary/aromatic N) is 1. The Kier molecular flexibility index (Phi) is 5.59. The van der Waals surface area contributed by atoms with Gasteiger partial charge in [-0.15, -0.1) is 4.28 Å². The van der Waals surface area contributed by atoms with E-state index in [1.54, 1.807) is 12.1 Å². The fourth-order valence-corrected chi connectivity index (χ4v) is 2.09. The Balaban J connectivity index is 2.82. The predicted octanol–water partition coefficient (Wildman–Crippen LogP) is -0.0260. The summed E-state index contributed by atoms with van der Waals surface area (Å²) in [6.07, 6.45) is -0.854. The summed E-state index contributed by atoms with van der Waals surface area (Å²) in [4.78, 5) is 11.5. The molecule has 9 nitrogen and oxygen atoms in total. The second-order valence-electron chi connectivity index (χ2n) is 3.48. The number of nitrogens with two attached hydrogens (primary N) is 1. The molecule has 0 fully saturated rings. The SMILES string of the molecule is CS(=O)(=O)ON(C(=O)Oc1ccc(CN)cc1)S(=O)O. The Morgan fingerprint density at radius 3 is 2.35 bits per heavy atom. The van der Waals surface area contributed by atoms with Gasteiger partial charge in [0.2, 0.25) is 0 Å². The minimum absolute atomic E-state index is 0.0275. The maximum atomic E-state index is 11.5. The highest BCUT2D eigenvalue weighted by Gasteiger charge is 2.27. The summed E-state index contributed by atoms with van der Waals surface area (Å²) >= 11 is -3.02. The Bertz CT molecular complexity index is 599. The van der Waals surface area contributed by atoms with E-state index in [-0.39, 0.29) is 16.8 Å². The molecular weight excluding hydrogens is 312 g/mol. The van der Waals surface area contributed by atoms with Gasteiger partial charge in [-0.3, -0.25) is 4.55 Å². The fourth-order valence-electron chi connectivity index (χ4n) is 1.07. The topological polar surface area (TPSA) is 136 Å². The lowest BCUT2D eigenvalue weighted by atomic mass is 10.2. The molecule has 0 saturated carbocycles. The maximum Gasteiger partial charge on any atom is 0.455 e. The first-order valence-electron chi connectivity index (χ1n) is 5.04. The minimum Gasteiger partial charge on any atom is -0.408 e. The molecule has 0 aromatic heterocycles. The molecule has 1 aromatic rings. The van der Waals surface area contributed by atoms with Crippen LogP contribution in [0.5, 0.6) is 5.75 Å². The van der Waals surface area contributed by atoms with Crippen LogP contribution in [-0.4, -0.2) is 34.0 Å². The second-order valence-corrected chi connectivity index (χ2v) is 5.83. The first-order chi connectivity index (χ1) is 9.23. The number of rotatable bonds is 5. The Morgan fingerprint density at radius 2 is 1.95 bits per heavy atom. The molecule has 0 spiro atoms. The second kappa shape index (κ2) is 6.76. The first-order valence-corrected chi connectivity index (χ1v) is 7.92. The molecule has 0 aliphatic rings. The van der Waals surface area contributed by atoms with Gasteiger partial charge in [-0.1, -0.05) is 16.6 Å². The molecule has 11 heteroatoms. The van der Waals surface area contributed by atoms with Crippen LogP contribution in [0.2, 0.25) is 0 Å². The van der Waals surface area contributed by atoms with Crippen molar-refractivity contribution in [2.75, 3.05) is 6.26 Å². The van der Waals surface area contributed by atoms with E-state index in [1.165, 1.54) is 12.1 Å². The zero-order valence-corrected chi connectivity index (χ0v) is 11.9. The third-order valence-electron chi connectivity index (χ3n) is 1.86. The van der Waals surface area contributed by atoms with Crippen LogP contribution < -0.4 is 10.5 Å². The number of benzene rings is 1. The molecule has 0 aliphatic carbocycles. The van der Waals surface area contributed by atoms with Gasteiger partial charge in [0, 0.05) is 6.54 Å². The average molecular weight is 324 g/mol. The average Bonchev–Trinajstić information content (AvgIpc) is 2.35. The van der Waals surface area contributed by atoms with Crippen LogP contribution >= 0.6 is 0 Å². The van der Waals surface area contributed by atoms with E-state index in [2.05, 4.69) is 9.02 Å². The highest BCUT2D eigenvalue weighted by atomic mass is 32.2. The first kappa shape index (κ1) is 16.5. The van der Waals surface area contributed by atoms with Crippen LogP contribution in [-0.2, 0) is 32.2 Å². The molecular formula is C9H12N2O7S2. The summed E-state index contributed by atoms with van der Waals surface area (Å²) < 4.78 is 49.8. The van der Waals surface area contributed by atoms with E-state index in [0.29, 0.717) is 6.26 Å². The summed E-state index contributed by atoms with van der Waals surface area (Å²) in [5.41, 5.74) is 6.16. The number of amides is 1. The van der Waals surface area contributed by atoms with Crippen molar-refractivity contribution in [2.45, 2.75) is 6.54 Å². The number of hydrogen-bond donors (Lipinski definition) is 2. The Morgan fingerprint density at radius 1 is 1.40 bits per heavy atom. The molecule has 1 amide bonds. The van der Waals surface area contributed by atoms with Crippen molar-refractivity contribution in [1.82, 2.24) is 4.47 Å². The van der Waals surface area contributed by atoms with Crippen molar-refractivity contribution in [3.05, 3.63) is 29.8 Å². The third kappa shape index (κ3) is 5.22. The van der Waals surface area contributed by atoms with Crippen molar-refractivity contribution < 1.29 is 31.0 Å². The zero-order chi connectivity index (χ0) is 15.3. The number of carbonyl (C=O) groups is 1. The molecule has 0 saturated heterocycles. The molecule has 1 unspecified atom stereocenters. The monoisotopic (exact) mass is 324 g/mol. The van der Waals surface area contributed by atoms with Crippen LogP contribution in [0.4, 0.5) is 4.79 Å². The maximum absolute atomic E-state index is 11.5. The van der Waals surface area contributed by atoms with Crippen LogP contribution in [0.15, 0.2) is 24.3 Å². The molecule has 0 bridgehead atoms. The van der Waals surface area contributed by atoms with Crippen molar-refractivity contribution in [3.63, 3.8) is 0 Å². The van der Waals surface area contributed by atoms with Crippen molar-refractivity contribution >= 4 is 27.5 Å². The highest BCUT2D eigenvalue weighted by molar-refractivity contribution is 7.86. The predicted molar refractivity (Wildman–Crippen MR) is 68.9 cm³/mol. The van der Waals surface area contributed by atoms with Gasteiger partial charge in [0.25, 0.3) is 21.4 Å². The van der Waals surface area contributed by atoms with E-state index in [9.17, 15) is 17.4 Å². The summed E-state index contributed by atoms with van der Waals surface area (Å²) in [5.74, 6) is 0.0275. The number of hydrogen-bond acceptors (Lipinski definition) is 7. The number of hydroxylamine groups is 1. The van der Waals surface area contributed by atoms with Gasteiger partial charge >= 0.3 is 6.09 Å². The molecule has 0 aliphatic heterocycles.